The first-order chi connectivity index (χ1) is 12.8. The first-order valence-corrected chi connectivity index (χ1v) is 9.29. The van der Waals surface area contributed by atoms with Crippen LogP contribution in [0.1, 0.15) is 36.6 Å². The van der Waals surface area contributed by atoms with Crippen molar-refractivity contribution in [3.8, 4) is 0 Å². The molecule has 5 heterocycles. The lowest BCUT2D eigenvalue weighted by molar-refractivity contribution is 0.472. The minimum atomic E-state index is 0.367. The summed E-state index contributed by atoms with van der Waals surface area (Å²) in [5.74, 6) is 3.19. The summed E-state index contributed by atoms with van der Waals surface area (Å²) in [4.78, 5) is 13.4. The van der Waals surface area contributed by atoms with Gasteiger partial charge in [-0.05, 0) is 43.9 Å². The van der Waals surface area contributed by atoms with Gasteiger partial charge in [0.25, 0.3) is 0 Å². The molecule has 0 bridgehead atoms. The molecule has 3 aromatic rings. The van der Waals surface area contributed by atoms with Crippen LogP contribution >= 0.6 is 0 Å². The molecule has 0 amide bonds. The van der Waals surface area contributed by atoms with E-state index in [9.17, 15) is 0 Å². The van der Waals surface area contributed by atoms with Gasteiger partial charge < -0.3 is 9.80 Å². The first kappa shape index (κ1) is 15.5. The Morgan fingerprint density at radius 1 is 0.923 bits per heavy atom. The molecule has 0 N–H and O–H groups in total. The molecular weight excluding hydrogens is 328 g/mol. The van der Waals surface area contributed by atoms with Crippen LogP contribution in [-0.2, 0) is 0 Å². The van der Waals surface area contributed by atoms with Crippen molar-refractivity contribution < 1.29 is 0 Å². The molecule has 2 aliphatic rings. The van der Waals surface area contributed by atoms with Gasteiger partial charge in [-0.25, -0.2) is 9.97 Å². The highest BCUT2D eigenvalue weighted by Crippen LogP contribution is 2.29. The van der Waals surface area contributed by atoms with Crippen molar-refractivity contribution >= 4 is 17.4 Å². The Kier molecular flexibility index (Phi) is 3.69. The van der Waals surface area contributed by atoms with Gasteiger partial charge in [-0.3, -0.25) is 0 Å². The van der Waals surface area contributed by atoms with Crippen LogP contribution in [0, 0.1) is 6.92 Å². The zero-order chi connectivity index (χ0) is 17.5. The molecule has 0 aromatic carbocycles. The van der Waals surface area contributed by atoms with Crippen molar-refractivity contribution in [2.45, 2.75) is 32.1 Å². The lowest BCUT2D eigenvalue weighted by Gasteiger charge is -2.32. The van der Waals surface area contributed by atoms with Gasteiger partial charge >= 0.3 is 0 Å². The quantitative estimate of drug-likeness (QED) is 0.713. The first-order valence-electron chi connectivity index (χ1n) is 9.29. The third kappa shape index (κ3) is 2.65. The molecule has 8 nitrogen and oxygen atoms in total. The van der Waals surface area contributed by atoms with Crippen LogP contribution in [0.15, 0.2) is 24.5 Å². The van der Waals surface area contributed by atoms with E-state index in [0.717, 1.165) is 67.8 Å². The molecule has 8 heteroatoms. The van der Waals surface area contributed by atoms with E-state index in [0.29, 0.717) is 5.92 Å². The van der Waals surface area contributed by atoms with E-state index in [1.807, 2.05) is 36.0 Å². The second-order valence-electron chi connectivity index (χ2n) is 7.18. The molecule has 0 atom stereocenters. The topological polar surface area (TPSA) is 75.3 Å². The Labute approximate surface area is 151 Å². The maximum atomic E-state index is 4.80. The number of hydrogen-bond donors (Lipinski definition) is 0. The number of rotatable bonds is 3. The summed E-state index contributed by atoms with van der Waals surface area (Å²) in [6, 6.07) is 4.07. The average Bonchev–Trinajstić information content (AvgIpc) is 3.04. The van der Waals surface area contributed by atoms with Crippen LogP contribution < -0.4 is 9.80 Å². The summed E-state index contributed by atoms with van der Waals surface area (Å²) < 4.78 is 1.94. The smallest absolute Gasteiger partial charge is 0.225 e. The SMILES string of the molecule is Cc1cnc(N2CCC(c3nnc4ccc(N5CCC5)nn34)CC2)nc1. The van der Waals surface area contributed by atoms with E-state index in [1.54, 1.807) is 0 Å². The van der Waals surface area contributed by atoms with E-state index in [4.69, 9.17) is 5.10 Å². The summed E-state index contributed by atoms with van der Waals surface area (Å²) >= 11 is 0. The second-order valence-corrected chi connectivity index (χ2v) is 7.18. The minimum Gasteiger partial charge on any atom is -0.355 e. The van der Waals surface area contributed by atoms with E-state index >= 15 is 0 Å². The van der Waals surface area contributed by atoms with Gasteiger partial charge in [0.05, 0.1) is 0 Å². The number of fused-ring (bicyclic) bond motifs is 1. The Balaban J connectivity index is 1.35. The molecule has 0 saturated carbocycles. The standard InChI is InChI=1S/C18H22N8/c1-13-11-19-18(20-12-13)25-9-5-14(6-10-25)17-22-21-15-3-4-16(23-26(15)17)24-7-2-8-24/h3-4,11-12,14H,2,5-10H2,1H3. The van der Waals surface area contributed by atoms with Gasteiger partial charge in [0.1, 0.15) is 5.82 Å². The maximum Gasteiger partial charge on any atom is 0.225 e. The Morgan fingerprint density at radius 3 is 2.38 bits per heavy atom. The van der Waals surface area contributed by atoms with Crippen molar-refractivity contribution in [2.24, 2.45) is 0 Å². The van der Waals surface area contributed by atoms with Gasteiger partial charge in [0.15, 0.2) is 11.5 Å². The zero-order valence-corrected chi connectivity index (χ0v) is 14.9. The predicted octanol–water partition coefficient (Wildman–Crippen LogP) is 1.82. The molecule has 134 valence electrons. The van der Waals surface area contributed by atoms with Gasteiger partial charge in [-0.1, -0.05) is 0 Å². The third-order valence-electron chi connectivity index (χ3n) is 5.36. The van der Waals surface area contributed by atoms with Crippen LogP contribution in [0.25, 0.3) is 5.65 Å². The zero-order valence-electron chi connectivity index (χ0n) is 14.9. The summed E-state index contributed by atoms with van der Waals surface area (Å²) in [6.07, 6.45) is 7.01. The fraction of sp³-hybridized carbons (Fsp3) is 0.500. The molecule has 2 fully saturated rings. The predicted molar refractivity (Wildman–Crippen MR) is 98.6 cm³/mol. The van der Waals surface area contributed by atoms with Crippen molar-refractivity contribution in [1.82, 2.24) is 29.8 Å². The van der Waals surface area contributed by atoms with Gasteiger partial charge in [-0.2, -0.15) is 4.52 Å². The summed E-state index contributed by atoms with van der Waals surface area (Å²) in [5, 5.41) is 13.6. The maximum absolute atomic E-state index is 4.80. The molecule has 2 saturated heterocycles. The fourth-order valence-corrected chi connectivity index (χ4v) is 3.65. The van der Waals surface area contributed by atoms with Crippen molar-refractivity contribution in [1.29, 1.82) is 0 Å². The van der Waals surface area contributed by atoms with Gasteiger partial charge in [0, 0.05) is 44.5 Å². The number of aryl methyl sites for hydroxylation is 1. The summed E-state index contributed by atoms with van der Waals surface area (Å²) in [7, 11) is 0. The average molecular weight is 350 g/mol. The van der Waals surface area contributed by atoms with Crippen LogP contribution in [0.2, 0.25) is 0 Å². The van der Waals surface area contributed by atoms with E-state index in [2.05, 4.69) is 30.0 Å². The normalized spacial score (nSPS) is 18.3. The lowest BCUT2D eigenvalue weighted by atomic mass is 9.96. The van der Waals surface area contributed by atoms with Gasteiger partial charge in [-0.15, -0.1) is 15.3 Å². The number of aromatic nitrogens is 6. The largest absolute Gasteiger partial charge is 0.355 e. The van der Waals surface area contributed by atoms with Crippen molar-refractivity contribution in [3.05, 3.63) is 35.9 Å². The van der Waals surface area contributed by atoms with Crippen LogP contribution in [0.4, 0.5) is 11.8 Å². The molecule has 5 rings (SSSR count). The van der Waals surface area contributed by atoms with Crippen LogP contribution in [0.5, 0.6) is 0 Å². The number of piperidine rings is 1. The van der Waals surface area contributed by atoms with Crippen molar-refractivity contribution in [2.75, 3.05) is 36.0 Å². The van der Waals surface area contributed by atoms with E-state index in [-0.39, 0.29) is 0 Å². The number of hydrogen-bond acceptors (Lipinski definition) is 7. The molecule has 0 radical (unpaired) electrons. The minimum absolute atomic E-state index is 0.367. The van der Waals surface area contributed by atoms with Crippen LogP contribution in [-0.4, -0.2) is 56.0 Å². The molecule has 2 aliphatic heterocycles. The molecular formula is C18H22N8. The van der Waals surface area contributed by atoms with E-state index in [1.165, 1.54) is 6.42 Å². The third-order valence-corrected chi connectivity index (χ3v) is 5.36. The lowest BCUT2D eigenvalue weighted by Crippen LogP contribution is -2.38. The summed E-state index contributed by atoms with van der Waals surface area (Å²) in [6.45, 7) is 6.03. The number of nitrogens with zero attached hydrogens (tertiary/aromatic N) is 8. The van der Waals surface area contributed by atoms with E-state index < -0.39 is 0 Å². The monoisotopic (exact) mass is 350 g/mol. The fourth-order valence-electron chi connectivity index (χ4n) is 3.65. The van der Waals surface area contributed by atoms with Gasteiger partial charge in [0.2, 0.25) is 5.95 Å². The molecule has 0 aliphatic carbocycles. The summed E-state index contributed by atoms with van der Waals surface area (Å²) in [5.41, 5.74) is 1.91. The highest BCUT2D eigenvalue weighted by atomic mass is 15.4. The highest BCUT2D eigenvalue weighted by Gasteiger charge is 2.27. The molecule has 26 heavy (non-hydrogen) atoms. The van der Waals surface area contributed by atoms with Crippen molar-refractivity contribution in [3.63, 3.8) is 0 Å². The Bertz CT molecular complexity index is 907. The number of anilines is 2. The second kappa shape index (κ2) is 6.19. The van der Waals surface area contributed by atoms with Crippen LogP contribution in [0.3, 0.4) is 0 Å². The Hall–Kier alpha value is -2.77. The molecule has 0 unspecified atom stereocenters. The Morgan fingerprint density at radius 2 is 1.69 bits per heavy atom. The highest BCUT2D eigenvalue weighted by molar-refractivity contribution is 5.47. The molecule has 0 spiro atoms. The molecule has 3 aromatic heterocycles.